The molecule has 26 heavy (non-hydrogen) atoms. The predicted molar refractivity (Wildman–Crippen MR) is 101 cm³/mol. The van der Waals surface area contributed by atoms with Crippen molar-refractivity contribution in [2.45, 2.75) is 51.0 Å². The average molecular weight is 351 g/mol. The van der Waals surface area contributed by atoms with E-state index in [9.17, 15) is 10.1 Å². The van der Waals surface area contributed by atoms with Gasteiger partial charge in [0.15, 0.2) is 0 Å². The van der Waals surface area contributed by atoms with Crippen LogP contribution in [0.25, 0.3) is 0 Å². The van der Waals surface area contributed by atoms with Crippen molar-refractivity contribution < 1.29 is 4.79 Å². The minimum absolute atomic E-state index is 0.00765. The van der Waals surface area contributed by atoms with E-state index in [1.807, 2.05) is 18.2 Å². The van der Waals surface area contributed by atoms with Crippen molar-refractivity contribution in [2.75, 3.05) is 13.1 Å². The summed E-state index contributed by atoms with van der Waals surface area (Å²) < 4.78 is 0. The van der Waals surface area contributed by atoms with Gasteiger partial charge < -0.3 is 10.6 Å². The summed E-state index contributed by atoms with van der Waals surface area (Å²) in [5.41, 5.74) is 7.79. The van der Waals surface area contributed by atoms with E-state index in [-0.39, 0.29) is 17.9 Å². The third-order valence-corrected chi connectivity index (χ3v) is 7.10. The van der Waals surface area contributed by atoms with Gasteiger partial charge in [-0.2, -0.15) is 5.26 Å². The van der Waals surface area contributed by atoms with Gasteiger partial charge in [0.2, 0.25) is 5.91 Å². The summed E-state index contributed by atoms with van der Waals surface area (Å²) in [6.07, 6.45) is 8.14. The quantitative estimate of drug-likeness (QED) is 0.801. The molecule has 4 heteroatoms. The minimum atomic E-state index is -0.444. The zero-order chi connectivity index (χ0) is 18.1. The van der Waals surface area contributed by atoms with E-state index in [1.165, 1.54) is 24.8 Å². The van der Waals surface area contributed by atoms with Crippen LogP contribution in [0.1, 0.15) is 44.1 Å². The molecule has 138 valence electrons. The molecule has 4 aliphatic rings. The number of hydrogen-bond donors (Lipinski definition) is 1. The Kier molecular flexibility index (Phi) is 4.75. The van der Waals surface area contributed by atoms with Crippen molar-refractivity contribution in [3.8, 4) is 6.07 Å². The first-order chi connectivity index (χ1) is 12.6. The second-order valence-corrected chi connectivity index (χ2v) is 8.91. The molecular weight excluding hydrogens is 322 g/mol. The van der Waals surface area contributed by atoms with Gasteiger partial charge in [-0.3, -0.25) is 4.79 Å². The van der Waals surface area contributed by atoms with Gasteiger partial charge >= 0.3 is 0 Å². The van der Waals surface area contributed by atoms with E-state index in [0.717, 1.165) is 43.4 Å². The molecule has 4 saturated carbocycles. The molecule has 1 atom stereocenters. The highest BCUT2D eigenvalue weighted by atomic mass is 16.2. The summed E-state index contributed by atoms with van der Waals surface area (Å²) in [4.78, 5) is 14.9. The number of nitrogens with two attached hydrogens (primary N) is 1. The van der Waals surface area contributed by atoms with Gasteiger partial charge in [-0.15, -0.1) is 0 Å². The number of nitriles is 1. The lowest BCUT2D eigenvalue weighted by atomic mass is 9.47. The van der Waals surface area contributed by atoms with Crippen LogP contribution in [0.4, 0.5) is 0 Å². The zero-order valence-corrected chi connectivity index (χ0v) is 15.4. The number of carbonyl (C=O) groups excluding carboxylic acids is 1. The van der Waals surface area contributed by atoms with Crippen LogP contribution in [0.15, 0.2) is 30.3 Å². The average Bonchev–Trinajstić information content (AvgIpc) is 2.63. The van der Waals surface area contributed by atoms with Crippen molar-refractivity contribution in [3.63, 3.8) is 0 Å². The maximum Gasteiger partial charge on any atom is 0.240 e. The highest BCUT2D eigenvalue weighted by Gasteiger charge is 2.55. The molecule has 4 bridgehead atoms. The van der Waals surface area contributed by atoms with Crippen LogP contribution in [-0.4, -0.2) is 29.9 Å². The van der Waals surface area contributed by atoms with E-state index in [2.05, 4.69) is 18.2 Å². The summed E-state index contributed by atoms with van der Waals surface area (Å²) in [7, 11) is 0. The van der Waals surface area contributed by atoms with Crippen molar-refractivity contribution in [3.05, 3.63) is 35.9 Å². The Balaban J connectivity index is 1.46. The summed E-state index contributed by atoms with van der Waals surface area (Å²) in [5, 5.41) is 9.21. The summed E-state index contributed by atoms with van der Waals surface area (Å²) in [5.74, 6) is 2.31. The summed E-state index contributed by atoms with van der Waals surface area (Å²) in [6, 6.07) is 11.9. The van der Waals surface area contributed by atoms with Gasteiger partial charge in [-0.1, -0.05) is 30.3 Å². The van der Waals surface area contributed by atoms with Crippen molar-refractivity contribution in [2.24, 2.45) is 28.9 Å². The van der Waals surface area contributed by atoms with Crippen LogP contribution >= 0.6 is 0 Å². The molecule has 0 aliphatic heterocycles. The van der Waals surface area contributed by atoms with Crippen LogP contribution < -0.4 is 5.73 Å². The Bertz CT molecular complexity index is 658. The van der Waals surface area contributed by atoms with Gasteiger partial charge in [-0.05, 0) is 73.7 Å². The second kappa shape index (κ2) is 7.04. The number of benzene rings is 1. The Morgan fingerprint density at radius 1 is 1.15 bits per heavy atom. The number of carbonyl (C=O) groups is 1. The van der Waals surface area contributed by atoms with Gasteiger partial charge in [-0.25, -0.2) is 0 Å². The molecule has 1 aromatic carbocycles. The number of amides is 1. The number of rotatable bonds is 6. The third kappa shape index (κ3) is 3.25. The molecule has 4 nitrogen and oxygen atoms in total. The van der Waals surface area contributed by atoms with Gasteiger partial charge in [0.25, 0.3) is 0 Å². The van der Waals surface area contributed by atoms with Gasteiger partial charge in [0, 0.05) is 6.54 Å². The van der Waals surface area contributed by atoms with Crippen LogP contribution in [0.3, 0.4) is 0 Å². The first-order valence-corrected chi connectivity index (χ1v) is 10.0. The Labute approximate surface area is 156 Å². The van der Waals surface area contributed by atoms with Crippen LogP contribution in [-0.2, 0) is 11.2 Å². The van der Waals surface area contributed by atoms with Gasteiger partial charge in [0.05, 0.1) is 12.1 Å². The van der Waals surface area contributed by atoms with Crippen molar-refractivity contribution in [1.29, 1.82) is 5.26 Å². The monoisotopic (exact) mass is 351 g/mol. The Morgan fingerprint density at radius 2 is 1.73 bits per heavy atom. The van der Waals surface area contributed by atoms with Crippen molar-refractivity contribution >= 4 is 5.91 Å². The van der Waals surface area contributed by atoms with Crippen molar-refractivity contribution in [1.82, 2.24) is 4.90 Å². The molecule has 4 aliphatic carbocycles. The summed E-state index contributed by atoms with van der Waals surface area (Å²) >= 11 is 0. The van der Waals surface area contributed by atoms with E-state index in [4.69, 9.17) is 5.73 Å². The third-order valence-electron chi connectivity index (χ3n) is 7.10. The molecule has 5 rings (SSSR count). The molecule has 0 saturated heterocycles. The van der Waals surface area contributed by atoms with E-state index in [0.29, 0.717) is 6.54 Å². The lowest BCUT2D eigenvalue weighted by Crippen LogP contribution is -2.60. The second-order valence-electron chi connectivity index (χ2n) is 8.91. The summed E-state index contributed by atoms with van der Waals surface area (Å²) in [6.45, 7) is 0.697. The van der Waals surface area contributed by atoms with Crippen LogP contribution in [0.5, 0.6) is 0 Å². The topological polar surface area (TPSA) is 70.1 Å². The Morgan fingerprint density at radius 3 is 2.27 bits per heavy atom. The molecule has 0 radical (unpaired) electrons. The van der Waals surface area contributed by atoms with E-state index >= 15 is 0 Å². The minimum Gasteiger partial charge on any atom is -0.328 e. The highest BCUT2D eigenvalue weighted by Crippen LogP contribution is 2.61. The maximum atomic E-state index is 13.2. The fourth-order valence-electron chi connectivity index (χ4n) is 6.28. The van der Waals surface area contributed by atoms with E-state index in [1.54, 1.807) is 4.90 Å². The van der Waals surface area contributed by atoms with Crippen LogP contribution in [0, 0.1) is 34.5 Å². The van der Waals surface area contributed by atoms with E-state index < -0.39 is 6.04 Å². The molecule has 4 fully saturated rings. The first kappa shape index (κ1) is 17.5. The maximum absolute atomic E-state index is 13.2. The molecule has 1 amide bonds. The lowest BCUT2D eigenvalue weighted by molar-refractivity contribution is -0.142. The van der Waals surface area contributed by atoms with Crippen LogP contribution in [0.2, 0.25) is 0 Å². The SMILES string of the molecule is N#CCN(CCc1ccccc1)C(=O)[C@@H](N)C12CC3CC(CC(C3)C1)C2. The molecule has 0 aromatic heterocycles. The fourth-order valence-corrected chi connectivity index (χ4v) is 6.28. The lowest BCUT2D eigenvalue weighted by Gasteiger charge is -2.58. The molecule has 1 aromatic rings. The Hall–Kier alpha value is -1.86. The number of nitrogens with zero attached hydrogens (tertiary/aromatic N) is 2. The molecule has 0 unspecified atom stereocenters. The molecule has 0 spiro atoms. The first-order valence-electron chi connectivity index (χ1n) is 10.0. The normalized spacial score (nSPS) is 32.8. The standard InChI is InChI=1S/C22H29N3O/c23-7-9-25(8-6-16-4-2-1-3-5-16)21(26)20(24)22-13-17-10-18(14-22)12-19(11-17)15-22/h1-5,17-20H,6,8-15,24H2/t17?,18?,19?,20-,22?/m1/s1. The molecule has 0 heterocycles. The number of hydrogen-bond acceptors (Lipinski definition) is 3. The molecular formula is C22H29N3O. The molecule has 2 N–H and O–H groups in total. The smallest absolute Gasteiger partial charge is 0.240 e. The fraction of sp³-hybridized carbons (Fsp3) is 0.636. The van der Waals surface area contributed by atoms with Gasteiger partial charge in [0.1, 0.15) is 6.54 Å². The zero-order valence-electron chi connectivity index (χ0n) is 15.4. The largest absolute Gasteiger partial charge is 0.328 e. The highest BCUT2D eigenvalue weighted by molar-refractivity contribution is 5.83. The predicted octanol–water partition coefficient (Wildman–Crippen LogP) is 3.12.